The Morgan fingerprint density at radius 3 is 2.69 bits per heavy atom. The zero-order valence-corrected chi connectivity index (χ0v) is 17.8. The molecule has 0 spiro atoms. The third-order valence-electron chi connectivity index (χ3n) is 6.20. The van der Waals surface area contributed by atoms with Crippen LogP contribution in [0.15, 0.2) is 24.5 Å². The van der Waals surface area contributed by atoms with E-state index in [4.69, 9.17) is 0 Å². The fourth-order valence-corrected chi connectivity index (χ4v) is 4.64. The van der Waals surface area contributed by atoms with E-state index in [9.17, 15) is 26.7 Å². The lowest BCUT2D eigenvalue weighted by Gasteiger charge is -2.42. The van der Waals surface area contributed by atoms with Crippen molar-refractivity contribution in [1.29, 1.82) is 0 Å². The molecule has 0 bridgehead atoms. The number of fused-ring (bicyclic) bond motifs is 1. The number of hydrogen-bond acceptors (Lipinski definition) is 4. The summed E-state index contributed by atoms with van der Waals surface area (Å²) < 4.78 is 67.8. The summed E-state index contributed by atoms with van der Waals surface area (Å²) in [5, 5.41) is 6.05. The topological polar surface area (TPSA) is 61.7 Å². The van der Waals surface area contributed by atoms with Gasteiger partial charge in [0.15, 0.2) is 0 Å². The van der Waals surface area contributed by atoms with Gasteiger partial charge in [0.1, 0.15) is 11.9 Å². The molecule has 0 aromatic carbocycles. The van der Waals surface area contributed by atoms with Gasteiger partial charge in [-0.15, -0.1) is 0 Å². The SMILES string of the molecule is CC(C)(NC(=O)[C@@H]1CNCCN1CC1CC(F)(F)C1)c1ncc2c(C(F)(F)F)cccn12. The monoisotopic (exact) mass is 459 g/mol. The summed E-state index contributed by atoms with van der Waals surface area (Å²) in [6.07, 6.45) is -2.24. The maximum Gasteiger partial charge on any atom is 0.418 e. The van der Waals surface area contributed by atoms with Gasteiger partial charge in [-0.3, -0.25) is 9.69 Å². The minimum Gasteiger partial charge on any atom is -0.343 e. The number of hydrogen-bond donors (Lipinski definition) is 2. The van der Waals surface area contributed by atoms with Crippen molar-refractivity contribution in [3.05, 3.63) is 35.9 Å². The van der Waals surface area contributed by atoms with Crippen LogP contribution in [-0.2, 0) is 16.5 Å². The summed E-state index contributed by atoms with van der Waals surface area (Å²) in [7, 11) is 0. The van der Waals surface area contributed by atoms with Gasteiger partial charge in [0.25, 0.3) is 0 Å². The van der Waals surface area contributed by atoms with E-state index in [2.05, 4.69) is 15.6 Å². The summed E-state index contributed by atoms with van der Waals surface area (Å²) in [6, 6.07) is 1.72. The molecule has 1 atom stereocenters. The normalized spacial score (nSPS) is 22.7. The van der Waals surface area contributed by atoms with E-state index in [1.54, 1.807) is 13.8 Å². The quantitative estimate of drug-likeness (QED) is 0.675. The number of aromatic nitrogens is 2. The van der Waals surface area contributed by atoms with Crippen LogP contribution in [0.3, 0.4) is 0 Å². The van der Waals surface area contributed by atoms with Crippen molar-refractivity contribution in [2.24, 2.45) is 5.92 Å². The van der Waals surface area contributed by atoms with E-state index in [1.165, 1.54) is 16.7 Å². The molecule has 176 valence electrons. The van der Waals surface area contributed by atoms with Gasteiger partial charge in [0.05, 0.1) is 22.8 Å². The molecule has 1 amide bonds. The molecule has 2 aromatic rings. The zero-order valence-electron chi connectivity index (χ0n) is 17.8. The van der Waals surface area contributed by atoms with E-state index in [1.807, 2.05) is 4.90 Å². The number of pyridine rings is 1. The van der Waals surface area contributed by atoms with Crippen LogP contribution < -0.4 is 10.6 Å². The number of piperazine rings is 1. The van der Waals surface area contributed by atoms with Gasteiger partial charge in [-0.2, -0.15) is 13.2 Å². The maximum absolute atomic E-state index is 13.3. The number of carbonyl (C=O) groups is 1. The summed E-state index contributed by atoms with van der Waals surface area (Å²) in [6.45, 7) is 5.34. The first-order chi connectivity index (χ1) is 14.9. The maximum atomic E-state index is 13.3. The Labute approximate surface area is 182 Å². The standard InChI is InChI=1S/C21H26F5N5O/c1-19(2,18-28-11-15-14(21(24,25)26)4-3-6-31(15)18)29-17(32)16-10-27-5-7-30(16)12-13-8-20(22,23)9-13/h3-4,6,11,13,16,27H,5,7-10,12H2,1-2H3,(H,29,32)/t16-/m0/s1. The van der Waals surface area contributed by atoms with Crippen LogP contribution in [0.5, 0.6) is 0 Å². The number of rotatable bonds is 5. The van der Waals surface area contributed by atoms with Crippen molar-refractivity contribution >= 4 is 11.4 Å². The molecular formula is C21H26F5N5O. The van der Waals surface area contributed by atoms with E-state index >= 15 is 0 Å². The molecule has 3 heterocycles. The average Bonchev–Trinajstić information content (AvgIpc) is 3.11. The third kappa shape index (κ3) is 4.45. The van der Waals surface area contributed by atoms with Crippen molar-refractivity contribution in [1.82, 2.24) is 24.9 Å². The van der Waals surface area contributed by atoms with Crippen molar-refractivity contribution < 1.29 is 26.7 Å². The minimum atomic E-state index is -4.53. The van der Waals surface area contributed by atoms with Gasteiger partial charge in [-0.25, -0.2) is 13.8 Å². The smallest absolute Gasteiger partial charge is 0.343 e. The molecule has 4 rings (SSSR count). The molecule has 2 aliphatic rings. The molecule has 1 aliphatic carbocycles. The van der Waals surface area contributed by atoms with Crippen molar-refractivity contribution in [2.75, 3.05) is 26.2 Å². The summed E-state index contributed by atoms with van der Waals surface area (Å²) in [5.74, 6) is -2.82. The highest BCUT2D eigenvalue weighted by atomic mass is 19.4. The lowest BCUT2D eigenvalue weighted by molar-refractivity contribution is -0.137. The van der Waals surface area contributed by atoms with Gasteiger partial charge in [0, 0.05) is 45.2 Å². The summed E-state index contributed by atoms with van der Waals surface area (Å²) in [5.41, 5.74) is -1.97. The highest BCUT2D eigenvalue weighted by Gasteiger charge is 2.47. The first-order valence-electron chi connectivity index (χ1n) is 10.6. The van der Waals surface area contributed by atoms with Crippen LogP contribution in [0.4, 0.5) is 22.0 Å². The van der Waals surface area contributed by atoms with Gasteiger partial charge in [-0.1, -0.05) is 0 Å². The van der Waals surface area contributed by atoms with Crippen molar-refractivity contribution in [2.45, 2.75) is 50.4 Å². The Kier molecular flexibility index (Phi) is 5.69. The lowest BCUT2D eigenvalue weighted by Crippen LogP contribution is -2.61. The lowest BCUT2D eigenvalue weighted by atomic mass is 9.80. The molecule has 0 unspecified atom stereocenters. The molecule has 6 nitrogen and oxygen atoms in total. The molecule has 2 fully saturated rings. The van der Waals surface area contributed by atoms with Crippen molar-refractivity contribution in [3.63, 3.8) is 0 Å². The predicted molar refractivity (Wildman–Crippen MR) is 107 cm³/mol. The Morgan fingerprint density at radius 1 is 1.31 bits per heavy atom. The number of nitrogens with zero attached hydrogens (tertiary/aromatic N) is 3. The van der Waals surface area contributed by atoms with Gasteiger partial charge < -0.3 is 15.0 Å². The molecule has 32 heavy (non-hydrogen) atoms. The first-order valence-corrected chi connectivity index (χ1v) is 10.6. The second-order valence-electron chi connectivity index (χ2n) is 9.22. The summed E-state index contributed by atoms with van der Waals surface area (Å²) in [4.78, 5) is 19.2. The Morgan fingerprint density at radius 2 is 2.03 bits per heavy atom. The van der Waals surface area contributed by atoms with Gasteiger partial charge in [0.2, 0.25) is 11.8 Å². The number of amides is 1. The zero-order chi connectivity index (χ0) is 23.3. The van der Waals surface area contributed by atoms with Gasteiger partial charge in [-0.05, 0) is 31.9 Å². The first kappa shape index (κ1) is 22.9. The fraction of sp³-hybridized carbons (Fsp3) is 0.619. The molecular weight excluding hydrogens is 433 g/mol. The molecule has 0 radical (unpaired) electrons. The Hall–Kier alpha value is -2.27. The minimum absolute atomic E-state index is 0.0933. The van der Waals surface area contributed by atoms with Crippen LogP contribution in [0, 0.1) is 5.92 Å². The fourth-order valence-electron chi connectivity index (χ4n) is 4.64. The van der Waals surface area contributed by atoms with E-state index in [0.29, 0.717) is 26.2 Å². The summed E-state index contributed by atoms with van der Waals surface area (Å²) >= 11 is 0. The van der Waals surface area contributed by atoms with Crippen LogP contribution in [0.2, 0.25) is 0 Å². The second kappa shape index (κ2) is 7.95. The molecule has 11 heteroatoms. The Bertz CT molecular complexity index is 994. The molecule has 1 saturated carbocycles. The average molecular weight is 459 g/mol. The number of carbonyl (C=O) groups excluding carboxylic acids is 1. The largest absolute Gasteiger partial charge is 0.418 e. The van der Waals surface area contributed by atoms with E-state index in [-0.39, 0.29) is 36.0 Å². The number of halogens is 5. The van der Waals surface area contributed by atoms with Crippen LogP contribution in [0.1, 0.15) is 38.1 Å². The number of alkyl halides is 5. The number of nitrogens with one attached hydrogen (secondary N) is 2. The van der Waals surface area contributed by atoms with E-state index in [0.717, 1.165) is 12.3 Å². The highest BCUT2D eigenvalue weighted by Crippen LogP contribution is 2.43. The van der Waals surface area contributed by atoms with Crippen molar-refractivity contribution in [3.8, 4) is 0 Å². The molecule has 2 N–H and O–H groups in total. The molecule has 2 aromatic heterocycles. The van der Waals surface area contributed by atoms with E-state index < -0.39 is 29.2 Å². The molecule has 1 aliphatic heterocycles. The highest BCUT2D eigenvalue weighted by molar-refractivity contribution is 5.83. The van der Waals surface area contributed by atoms with Crippen LogP contribution in [0.25, 0.3) is 5.52 Å². The second-order valence-corrected chi connectivity index (χ2v) is 9.22. The molecule has 1 saturated heterocycles. The van der Waals surface area contributed by atoms with Crippen LogP contribution in [-0.4, -0.2) is 58.3 Å². The Balaban J connectivity index is 1.52. The van der Waals surface area contributed by atoms with Crippen LogP contribution >= 0.6 is 0 Å². The third-order valence-corrected chi connectivity index (χ3v) is 6.20. The predicted octanol–water partition coefficient (Wildman–Crippen LogP) is 3.02. The van der Waals surface area contributed by atoms with Gasteiger partial charge >= 0.3 is 6.18 Å². The number of imidazole rings is 1.